The second-order valence-electron chi connectivity index (χ2n) is 0. The fourth-order valence-electron chi connectivity index (χ4n) is 0. The van der Waals surface area contributed by atoms with Crippen molar-refractivity contribution < 1.29 is 124 Å². The van der Waals surface area contributed by atoms with Crippen molar-refractivity contribution in [3.8, 4) is 0 Å². The molecule has 7 nitrogen and oxygen atoms in total. The molecule has 0 aromatic carbocycles. The maximum atomic E-state index is 0. The first kappa shape index (κ1) is 473. The van der Waals surface area contributed by atoms with Gasteiger partial charge in [-0.15, -0.1) is 0 Å². The molecule has 0 spiro atoms. The van der Waals surface area contributed by atoms with E-state index in [9.17, 15) is 0 Å². The smallest absolute Gasteiger partial charge is 0 e. The van der Waals surface area contributed by atoms with Crippen LogP contribution in [0, 0.1) is 0 Å². The maximum Gasteiger partial charge on any atom is 0 e. The SMILES string of the molecule is O.O.O.O.O.O.O.[Fe].[Fe].[Fe].[Fe].[Fe]. The van der Waals surface area contributed by atoms with Gasteiger partial charge in [-0.05, 0) is 0 Å². The number of rotatable bonds is 0. The van der Waals surface area contributed by atoms with Gasteiger partial charge in [-0.2, -0.15) is 0 Å². The van der Waals surface area contributed by atoms with Crippen LogP contribution in [-0.4, -0.2) is 38.3 Å². The fraction of sp³-hybridized carbons (Fsp3) is 0. The molecule has 0 saturated carbocycles. The normalized spacial score (nSPS) is 0. The van der Waals surface area contributed by atoms with Gasteiger partial charge in [-0.1, -0.05) is 0 Å². The molecule has 0 aliphatic carbocycles. The third-order valence-corrected chi connectivity index (χ3v) is 0. The second kappa shape index (κ2) is 376. The minimum Gasteiger partial charge on any atom is -0.412 e. The van der Waals surface area contributed by atoms with Crippen molar-refractivity contribution in [2.45, 2.75) is 0 Å². The Morgan fingerprint density at radius 3 is 0.167 bits per heavy atom. The fourth-order valence-corrected chi connectivity index (χ4v) is 0. The van der Waals surface area contributed by atoms with Crippen LogP contribution in [-0.2, 0) is 85.3 Å². The van der Waals surface area contributed by atoms with Crippen LogP contribution in [0.4, 0.5) is 0 Å². The molecule has 0 atom stereocenters. The van der Waals surface area contributed by atoms with E-state index >= 15 is 0 Å². The van der Waals surface area contributed by atoms with Gasteiger partial charge in [-0.25, -0.2) is 0 Å². The van der Waals surface area contributed by atoms with E-state index in [2.05, 4.69) is 0 Å². The minimum atomic E-state index is 0. The molecule has 12 heavy (non-hydrogen) atoms. The van der Waals surface area contributed by atoms with Gasteiger partial charge in [0, 0.05) is 85.3 Å². The predicted molar refractivity (Wildman–Crippen MR) is 25.3 cm³/mol. The van der Waals surface area contributed by atoms with Gasteiger partial charge >= 0.3 is 0 Å². The number of hydrogen-bond acceptors (Lipinski definition) is 0. The van der Waals surface area contributed by atoms with E-state index in [4.69, 9.17) is 0 Å². The number of hydrogen-bond donors (Lipinski definition) is 0. The second-order valence-corrected chi connectivity index (χ2v) is 0. The summed E-state index contributed by atoms with van der Waals surface area (Å²) in [5.74, 6) is 0. The third kappa shape index (κ3) is 294. The van der Waals surface area contributed by atoms with Crippen LogP contribution in [0.3, 0.4) is 0 Å². The summed E-state index contributed by atoms with van der Waals surface area (Å²) in [6.45, 7) is 0. The van der Waals surface area contributed by atoms with Crippen molar-refractivity contribution in [1.82, 2.24) is 0 Å². The Balaban J connectivity index is 0. The summed E-state index contributed by atoms with van der Waals surface area (Å²) in [5, 5.41) is 0. The van der Waals surface area contributed by atoms with Crippen molar-refractivity contribution in [2.24, 2.45) is 0 Å². The summed E-state index contributed by atoms with van der Waals surface area (Å²) in [6.07, 6.45) is 0. The monoisotopic (exact) mass is 406 g/mol. The molecule has 0 aromatic heterocycles. The molecule has 12 heteroatoms. The molecule has 0 aliphatic heterocycles. The van der Waals surface area contributed by atoms with Crippen molar-refractivity contribution in [2.75, 3.05) is 0 Å². The van der Waals surface area contributed by atoms with Gasteiger partial charge in [0.2, 0.25) is 0 Å². The molecule has 0 heterocycles. The van der Waals surface area contributed by atoms with Gasteiger partial charge in [0.25, 0.3) is 0 Å². The topological polar surface area (TPSA) is 220 Å². The standard InChI is InChI=1S/5Fe.7H2O/h;;;;;7*1H2. The molecule has 0 aliphatic rings. The summed E-state index contributed by atoms with van der Waals surface area (Å²) in [5.41, 5.74) is 0. The van der Waals surface area contributed by atoms with Crippen LogP contribution in [0.2, 0.25) is 0 Å². The van der Waals surface area contributed by atoms with Gasteiger partial charge in [0.15, 0.2) is 0 Å². The Labute approximate surface area is 123 Å². The molecule has 0 amide bonds. The van der Waals surface area contributed by atoms with Crippen LogP contribution in [0.1, 0.15) is 0 Å². The molecule has 0 aromatic rings. The van der Waals surface area contributed by atoms with Crippen LogP contribution in [0.15, 0.2) is 0 Å². The van der Waals surface area contributed by atoms with Gasteiger partial charge < -0.3 is 38.3 Å². The van der Waals surface area contributed by atoms with Crippen molar-refractivity contribution in [3.05, 3.63) is 0 Å². The molecule has 96 valence electrons. The summed E-state index contributed by atoms with van der Waals surface area (Å²) >= 11 is 0. The largest absolute Gasteiger partial charge is 0.412 e. The Morgan fingerprint density at radius 1 is 0.167 bits per heavy atom. The van der Waals surface area contributed by atoms with E-state index < -0.39 is 0 Å². The van der Waals surface area contributed by atoms with Crippen LogP contribution < -0.4 is 0 Å². The molecule has 0 unspecified atom stereocenters. The predicted octanol–water partition coefficient (Wildman–Crippen LogP) is -5.79. The maximum absolute atomic E-state index is 0. The average molecular weight is 405 g/mol. The van der Waals surface area contributed by atoms with Crippen molar-refractivity contribution in [3.63, 3.8) is 0 Å². The average Bonchev–Trinajstić information content (AvgIpc) is 0. The van der Waals surface area contributed by atoms with Gasteiger partial charge in [0.1, 0.15) is 0 Å². The first-order chi connectivity index (χ1) is 0. The van der Waals surface area contributed by atoms with Crippen LogP contribution >= 0.6 is 0 Å². The molecule has 0 rings (SSSR count). The molecular formula is H14Fe5O7. The zero-order chi connectivity index (χ0) is 0. The first-order valence-corrected chi connectivity index (χ1v) is 0. The summed E-state index contributed by atoms with van der Waals surface area (Å²) in [6, 6.07) is 0. The van der Waals surface area contributed by atoms with E-state index in [1.54, 1.807) is 0 Å². The summed E-state index contributed by atoms with van der Waals surface area (Å²) in [7, 11) is 0. The van der Waals surface area contributed by atoms with E-state index in [0.29, 0.717) is 0 Å². The van der Waals surface area contributed by atoms with E-state index in [1.807, 2.05) is 0 Å². The van der Waals surface area contributed by atoms with Crippen molar-refractivity contribution >= 4 is 0 Å². The molecule has 0 fully saturated rings. The summed E-state index contributed by atoms with van der Waals surface area (Å²) < 4.78 is 0. The molecule has 0 radical (unpaired) electrons. The third-order valence-electron chi connectivity index (χ3n) is 0. The van der Waals surface area contributed by atoms with E-state index in [-0.39, 0.29) is 124 Å². The zero-order valence-electron chi connectivity index (χ0n) is 5.27. The minimum absolute atomic E-state index is 0. The first-order valence-electron chi connectivity index (χ1n) is 0. The molecular weight excluding hydrogens is 391 g/mol. The Bertz CT molecular complexity index is 11.8. The zero-order valence-corrected chi connectivity index (χ0v) is 10.8. The Morgan fingerprint density at radius 2 is 0.167 bits per heavy atom. The Hall–Kier alpha value is 2.32. The van der Waals surface area contributed by atoms with E-state index in [0.717, 1.165) is 0 Å². The molecule has 0 bridgehead atoms. The Kier molecular flexibility index (Phi) is 14800. The van der Waals surface area contributed by atoms with Crippen molar-refractivity contribution in [1.29, 1.82) is 0 Å². The quantitative estimate of drug-likeness (QED) is 0.344. The van der Waals surface area contributed by atoms with Gasteiger partial charge in [0.05, 0.1) is 0 Å². The van der Waals surface area contributed by atoms with Crippen LogP contribution in [0.5, 0.6) is 0 Å². The molecule has 0 saturated heterocycles. The summed E-state index contributed by atoms with van der Waals surface area (Å²) in [4.78, 5) is 0. The van der Waals surface area contributed by atoms with E-state index in [1.165, 1.54) is 0 Å². The van der Waals surface area contributed by atoms with Gasteiger partial charge in [-0.3, -0.25) is 0 Å². The molecule has 14 N–H and O–H groups in total. The van der Waals surface area contributed by atoms with Crippen LogP contribution in [0.25, 0.3) is 0 Å².